The molecule has 2 aromatic rings. The highest BCUT2D eigenvalue weighted by molar-refractivity contribution is 9.10. The molecule has 2 rings (SSSR count). The van der Waals surface area contributed by atoms with Crippen LogP contribution in [0, 0.1) is 0 Å². The highest BCUT2D eigenvalue weighted by Gasteiger charge is 2.12. The lowest BCUT2D eigenvalue weighted by molar-refractivity contribution is 0.417. The molecule has 1 aromatic carbocycles. The van der Waals surface area contributed by atoms with Crippen molar-refractivity contribution in [2.75, 3.05) is 7.11 Å². The Hall–Kier alpha value is -1.03. The Morgan fingerprint density at radius 3 is 2.93 bits per heavy atom. The minimum absolute atomic E-state index is 0.855. The predicted octanol–water partition coefficient (Wildman–Crippen LogP) is 2.90. The third-order valence-corrected chi connectivity index (χ3v) is 2.88. The number of aryl methyl sites for hydroxylation is 1. The lowest BCUT2D eigenvalue weighted by atomic mass is 10.1. The molecule has 0 saturated heterocycles. The number of rotatable bonds is 2. The minimum Gasteiger partial charge on any atom is -0.495 e. The minimum atomic E-state index is 0.855. The van der Waals surface area contributed by atoms with E-state index in [-0.39, 0.29) is 0 Å². The number of aromatic amines is 1. The van der Waals surface area contributed by atoms with Gasteiger partial charge in [0.15, 0.2) is 0 Å². The van der Waals surface area contributed by atoms with E-state index >= 15 is 0 Å². The number of ether oxygens (including phenoxy) is 1. The summed E-state index contributed by atoms with van der Waals surface area (Å²) in [7, 11) is 1.67. The molecule has 74 valence electrons. The molecule has 0 unspecified atom stereocenters. The van der Waals surface area contributed by atoms with Crippen molar-refractivity contribution in [3.05, 3.63) is 22.3 Å². The monoisotopic (exact) mass is 254 g/mol. The molecule has 0 amide bonds. The van der Waals surface area contributed by atoms with Crippen LogP contribution in [0.4, 0.5) is 0 Å². The number of H-pyrrole nitrogens is 1. The van der Waals surface area contributed by atoms with Gasteiger partial charge in [-0.15, -0.1) is 0 Å². The van der Waals surface area contributed by atoms with Crippen molar-refractivity contribution >= 4 is 26.8 Å². The second-order valence-corrected chi connectivity index (χ2v) is 3.88. The van der Waals surface area contributed by atoms with Gasteiger partial charge in [-0.05, 0) is 34.5 Å². The van der Waals surface area contributed by atoms with Crippen LogP contribution in [-0.2, 0) is 6.42 Å². The first-order valence-electron chi connectivity index (χ1n) is 4.47. The molecule has 0 saturated carbocycles. The molecule has 1 N–H and O–H groups in total. The van der Waals surface area contributed by atoms with Crippen molar-refractivity contribution in [2.24, 2.45) is 0 Å². The number of methoxy groups -OCH3 is 1. The summed E-state index contributed by atoms with van der Waals surface area (Å²) in [4.78, 5) is 0. The fourth-order valence-electron chi connectivity index (χ4n) is 1.57. The lowest BCUT2D eigenvalue weighted by Gasteiger charge is -2.04. The van der Waals surface area contributed by atoms with E-state index in [9.17, 15) is 0 Å². The molecule has 0 radical (unpaired) electrons. The predicted molar refractivity (Wildman–Crippen MR) is 59.7 cm³/mol. The standard InChI is InChI=1S/C10H11BrN2O/c1-3-7-9-8(13-12-7)5-4-6(11)10(9)14-2/h4-5H,3H2,1-2H3,(H,12,13). The first-order valence-corrected chi connectivity index (χ1v) is 5.26. The molecular formula is C10H11BrN2O. The Balaban J connectivity index is 2.81. The van der Waals surface area contributed by atoms with E-state index in [1.807, 2.05) is 12.1 Å². The van der Waals surface area contributed by atoms with Gasteiger partial charge in [0.1, 0.15) is 5.75 Å². The summed E-state index contributed by atoms with van der Waals surface area (Å²) in [6, 6.07) is 3.92. The molecule has 4 heteroatoms. The van der Waals surface area contributed by atoms with Crippen LogP contribution in [0.3, 0.4) is 0 Å². The van der Waals surface area contributed by atoms with Gasteiger partial charge in [-0.3, -0.25) is 5.10 Å². The van der Waals surface area contributed by atoms with Gasteiger partial charge in [0.25, 0.3) is 0 Å². The highest BCUT2D eigenvalue weighted by atomic mass is 79.9. The van der Waals surface area contributed by atoms with Crippen LogP contribution in [0.5, 0.6) is 5.75 Å². The third kappa shape index (κ3) is 1.30. The summed E-state index contributed by atoms with van der Waals surface area (Å²) in [6.07, 6.45) is 0.920. The van der Waals surface area contributed by atoms with Crippen LogP contribution < -0.4 is 4.74 Å². The van der Waals surface area contributed by atoms with Gasteiger partial charge >= 0.3 is 0 Å². The molecule has 0 atom stereocenters. The van der Waals surface area contributed by atoms with Crippen molar-refractivity contribution < 1.29 is 4.74 Å². The van der Waals surface area contributed by atoms with Crippen LogP contribution >= 0.6 is 15.9 Å². The van der Waals surface area contributed by atoms with Crippen LogP contribution in [0.1, 0.15) is 12.6 Å². The van der Waals surface area contributed by atoms with E-state index in [0.717, 1.165) is 33.2 Å². The van der Waals surface area contributed by atoms with Gasteiger partial charge in [0.2, 0.25) is 0 Å². The van der Waals surface area contributed by atoms with Crippen LogP contribution in [-0.4, -0.2) is 17.3 Å². The normalized spacial score (nSPS) is 10.8. The average molecular weight is 255 g/mol. The van der Waals surface area contributed by atoms with Crippen LogP contribution in [0.15, 0.2) is 16.6 Å². The van der Waals surface area contributed by atoms with E-state index in [4.69, 9.17) is 4.74 Å². The first-order chi connectivity index (χ1) is 6.77. The maximum Gasteiger partial charge on any atom is 0.144 e. The molecule has 0 aliphatic rings. The zero-order valence-corrected chi connectivity index (χ0v) is 9.68. The Bertz CT molecular complexity index is 464. The third-order valence-electron chi connectivity index (χ3n) is 2.26. The van der Waals surface area contributed by atoms with Crippen molar-refractivity contribution in [3.63, 3.8) is 0 Å². The Morgan fingerprint density at radius 2 is 2.29 bits per heavy atom. The topological polar surface area (TPSA) is 37.9 Å². The summed E-state index contributed by atoms with van der Waals surface area (Å²) in [5.41, 5.74) is 2.06. The van der Waals surface area contributed by atoms with Crippen molar-refractivity contribution in [3.8, 4) is 5.75 Å². The first kappa shape index (κ1) is 9.52. The molecule has 0 aliphatic carbocycles. The number of fused-ring (bicyclic) bond motifs is 1. The number of nitrogens with zero attached hydrogens (tertiary/aromatic N) is 1. The number of nitrogens with one attached hydrogen (secondary N) is 1. The van der Waals surface area contributed by atoms with E-state index in [1.165, 1.54) is 0 Å². The smallest absolute Gasteiger partial charge is 0.144 e. The maximum absolute atomic E-state index is 5.35. The lowest BCUT2D eigenvalue weighted by Crippen LogP contribution is -1.88. The Kier molecular flexibility index (Phi) is 2.46. The molecule has 0 bridgehead atoms. The van der Waals surface area contributed by atoms with Gasteiger partial charge < -0.3 is 4.74 Å². The molecule has 0 aliphatic heterocycles. The summed E-state index contributed by atoms with van der Waals surface area (Å²) in [5.74, 6) is 0.855. The number of aromatic nitrogens is 2. The number of halogens is 1. The van der Waals surface area contributed by atoms with E-state index in [1.54, 1.807) is 7.11 Å². The van der Waals surface area contributed by atoms with Gasteiger partial charge in [0, 0.05) is 5.69 Å². The molecular weight excluding hydrogens is 244 g/mol. The molecule has 1 heterocycles. The second-order valence-electron chi connectivity index (χ2n) is 3.03. The van der Waals surface area contributed by atoms with E-state index in [0.29, 0.717) is 0 Å². The Labute approximate surface area is 90.6 Å². The van der Waals surface area contributed by atoms with Crippen LogP contribution in [0.2, 0.25) is 0 Å². The van der Waals surface area contributed by atoms with Gasteiger partial charge in [-0.25, -0.2) is 0 Å². The Morgan fingerprint density at radius 1 is 1.50 bits per heavy atom. The summed E-state index contributed by atoms with van der Waals surface area (Å²) < 4.78 is 6.31. The molecule has 3 nitrogen and oxygen atoms in total. The zero-order valence-electron chi connectivity index (χ0n) is 8.10. The average Bonchev–Trinajstić information content (AvgIpc) is 2.61. The van der Waals surface area contributed by atoms with Gasteiger partial charge in [-0.2, -0.15) is 5.10 Å². The second kappa shape index (κ2) is 3.61. The number of benzene rings is 1. The van der Waals surface area contributed by atoms with Gasteiger partial charge in [0.05, 0.1) is 22.5 Å². The van der Waals surface area contributed by atoms with Crippen molar-refractivity contribution in [1.82, 2.24) is 10.2 Å². The summed E-state index contributed by atoms with van der Waals surface area (Å²) >= 11 is 3.46. The SMILES string of the molecule is CCc1[nH]nc2ccc(Br)c(OC)c12. The molecule has 1 aromatic heterocycles. The van der Waals surface area contributed by atoms with E-state index < -0.39 is 0 Å². The summed E-state index contributed by atoms with van der Waals surface area (Å²) in [5, 5.41) is 8.30. The van der Waals surface area contributed by atoms with Crippen LogP contribution in [0.25, 0.3) is 10.9 Å². The van der Waals surface area contributed by atoms with Crippen molar-refractivity contribution in [2.45, 2.75) is 13.3 Å². The number of hydrogen-bond donors (Lipinski definition) is 1. The van der Waals surface area contributed by atoms with E-state index in [2.05, 4.69) is 33.1 Å². The van der Waals surface area contributed by atoms with Crippen molar-refractivity contribution in [1.29, 1.82) is 0 Å². The largest absolute Gasteiger partial charge is 0.495 e. The fourth-order valence-corrected chi connectivity index (χ4v) is 2.06. The molecule has 0 fully saturated rings. The van der Waals surface area contributed by atoms with Gasteiger partial charge in [-0.1, -0.05) is 6.92 Å². The molecule has 0 spiro atoms. The maximum atomic E-state index is 5.35. The highest BCUT2D eigenvalue weighted by Crippen LogP contribution is 2.34. The molecule has 14 heavy (non-hydrogen) atoms. The quantitative estimate of drug-likeness (QED) is 0.895. The zero-order chi connectivity index (χ0) is 10.1. The fraction of sp³-hybridized carbons (Fsp3) is 0.300. The summed E-state index contributed by atoms with van der Waals surface area (Å²) in [6.45, 7) is 2.09. The number of hydrogen-bond acceptors (Lipinski definition) is 2.